The minimum atomic E-state index is -3.30. The first kappa shape index (κ1) is 17.1. The van der Waals surface area contributed by atoms with E-state index in [-0.39, 0.29) is 26.4 Å². The van der Waals surface area contributed by atoms with Crippen molar-refractivity contribution < 1.29 is 27.2 Å². The molecule has 2 N–H and O–H groups in total. The zero-order chi connectivity index (χ0) is 15.4. The van der Waals surface area contributed by atoms with Crippen LogP contribution in [0.25, 0.3) is 0 Å². The summed E-state index contributed by atoms with van der Waals surface area (Å²) in [5.41, 5.74) is -0.604. The van der Waals surface area contributed by atoms with Crippen molar-refractivity contribution in [1.82, 2.24) is 10.2 Å². The van der Waals surface area contributed by atoms with E-state index in [1.807, 2.05) is 0 Å². The van der Waals surface area contributed by atoms with E-state index in [1.54, 1.807) is 12.2 Å². The first-order chi connectivity index (χ1) is 9.95. The summed E-state index contributed by atoms with van der Waals surface area (Å²) >= 11 is 0. The van der Waals surface area contributed by atoms with Gasteiger partial charge in [0.15, 0.2) is 0 Å². The lowest BCUT2D eigenvalue weighted by molar-refractivity contribution is -0.0715. The smallest absolute Gasteiger partial charge is 0.296 e. The Balaban J connectivity index is 1.88. The van der Waals surface area contributed by atoms with Crippen LogP contribution in [0.2, 0.25) is 0 Å². The maximum atomic E-state index is 12.1. The van der Waals surface area contributed by atoms with Gasteiger partial charge in [-0.05, 0) is 0 Å². The molecule has 2 fully saturated rings. The molecule has 2 heterocycles. The second kappa shape index (κ2) is 6.86. The third-order valence-electron chi connectivity index (χ3n) is 3.02. The van der Waals surface area contributed by atoms with Gasteiger partial charge in [-0.3, -0.25) is 18.1 Å². The van der Waals surface area contributed by atoms with Crippen molar-refractivity contribution in [3.8, 4) is 0 Å². The van der Waals surface area contributed by atoms with Gasteiger partial charge in [-0.25, -0.2) is 19.3 Å². The summed E-state index contributed by atoms with van der Waals surface area (Å²) in [6, 6.07) is 0. The maximum absolute atomic E-state index is 12.1. The lowest BCUT2D eigenvalue weighted by atomic mass is 9.93. The molecule has 0 unspecified atom stereocenters. The predicted octanol–water partition coefficient (Wildman–Crippen LogP) is 1.83. The minimum Gasteiger partial charge on any atom is -0.296 e. The average molecular weight is 338 g/mol. The highest BCUT2D eigenvalue weighted by atomic mass is 31.2. The van der Waals surface area contributed by atoms with E-state index in [2.05, 4.69) is 23.3 Å². The standard InChI is InChI=1S/C11H20N2O6P2/c1-3-5-12-20(14)16-7-11(8-17-20)9-18-21(15,19-10-11)13-6-4-2/h3-4H,1-2,5-10H2,(H,12,14)(H,13,15). The molecular formula is C11H20N2O6P2. The van der Waals surface area contributed by atoms with Gasteiger partial charge in [-0.1, -0.05) is 12.2 Å². The number of hydrogen-bond acceptors (Lipinski definition) is 6. The molecule has 0 aliphatic carbocycles. The van der Waals surface area contributed by atoms with E-state index in [1.165, 1.54) is 0 Å². The molecule has 0 aromatic heterocycles. The SMILES string of the molecule is C=CCNP1(=O)OCC2(CO1)COP(=O)(NCC=C)OC2. The molecule has 2 aliphatic heterocycles. The summed E-state index contributed by atoms with van der Waals surface area (Å²) in [6.45, 7) is 8.21. The topological polar surface area (TPSA) is 95.1 Å². The van der Waals surface area contributed by atoms with Crippen molar-refractivity contribution in [1.29, 1.82) is 0 Å². The lowest BCUT2D eigenvalue weighted by Gasteiger charge is -2.42. The van der Waals surface area contributed by atoms with Crippen LogP contribution >= 0.6 is 15.5 Å². The molecule has 2 saturated heterocycles. The summed E-state index contributed by atoms with van der Waals surface area (Å²) in [4.78, 5) is 0. The fourth-order valence-electron chi connectivity index (χ4n) is 1.75. The van der Waals surface area contributed by atoms with Gasteiger partial charge in [0.05, 0.1) is 31.8 Å². The van der Waals surface area contributed by atoms with Gasteiger partial charge in [0.2, 0.25) is 0 Å². The van der Waals surface area contributed by atoms with Crippen molar-refractivity contribution in [3.05, 3.63) is 25.3 Å². The van der Waals surface area contributed by atoms with Gasteiger partial charge < -0.3 is 0 Å². The second-order valence-electron chi connectivity index (χ2n) is 4.89. The molecule has 0 aromatic carbocycles. The number of rotatable bonds is 6. The van der Waals surface area contributed by atoms with Gasteiger partial charge in [-0.15, -0.1) is 13.2 Å². The second-order valence-corrected chi connectivity index (χ2v) is 8.55. The Morgan fingerprint density at radius 3 is 1.48 bits per heavy atom. The third kappa shape index (κ3) is 4.34. The Bertz CT molecular complexity index is 426. The largest absolute Gasteiger partial charge is 0.405 e. The molecule has 21 heavy (non-hydrogen) atoms. The normalized spacial score (nSPS) is 40.0. The first-order valence-corrected chi connectivity index (χ1v) is 9.54. The third-order valence-corrected chi connectivity index (χ3v) is 6.04. The van der Waals surface area contributed by atoms with Gasteiger partial charge in [0, 0.05) is 13.1 Å². The fourth-order valence-corrected chi connectivity index (χ4v) is 4.74. The molecule has 2 aliphatic rings. The van der Waals surface area contributed by atoms with Crippen molar-refractivity contribution in [2.24, 2.45) is 5.41 Å². The van der Waals surface area contributed by atoms with E-state index in [4.69, 9.17) is 18.1 Å². The van der Waals surface area contributed by atoms with Crippen LogP contribution in [-0.2, 0) is 27.2 Å². The van der Waals surface area contributed by atoms with Crippen LogP contribution in [0.5, 0.6) is 0 Å². The summed E-state index contributed by atoms with van der Waals surface area (Å²) in [6.07, 6.45) is 3.12. The Kier molecular flexibility index (Phi) is 5.57. The van der Waals surface area contributed by atoms with Crippen LogP contribution < -0.4 is 10.2 Å². The van der Waals surface area contributed by atoms with Gasteiger partial charge in [0.1, 0.15) is 0 Å². The summed E-state index contributed by atoms with van der Waals surface area (Å²) < 4.78 is 45.4. The lowest BCUT2D eigenvalue weighted by Crippen LogP contribution is -2.47. The van der Waals surface area contributed by atoms with E-state index in [9.17, 15) is 9.13 Å². The molecule has 0 saturated carbocycles. The van der Waals surface area contributed by atoms with Crippen molar-refractivity contribution in [2.45, 2.75) is 0 Å². The molecular weight excluding hydrogens is 318 g/mol. The maximum Gasteiger partial charge on any atom is 0.405 e. The Morgan fingerprint density at radius 2 is 1.19 bits per heavy atom. The van der Waals surface area contributed by atoms with Crippen LogP contribution in [0.15, 0.2) is 25.3 Å². The van der Waals surface area contributed by atoms with E-state index in [0.717, 1.165) is 0 Å². The molecule has 120 valence electrons. The molecule has 0 amide bonds. The average Bonchev–Trinajstić information content (AvgIpc) is 2.50. The molecule has 0 radical (unpaired) electrons. The van der Waals surface area contributed by atoms with Gasteiger partial charge in [0.25, 0.3) is 0 Å². The summed E-state index contributed by atoms with van der Waals surface area (Å²) in [5, 5.41) is 5.29. The van der Waals surface area contributed by atoms with Crippen LogP contribution in [0.1, 0.15) is 0 Å². The fraction of sp³-hybridized carbons (Fsp3) is 0.636. The number of hydrogen-bond donors (Lipinski definition) is 2. The molecule has 8 nitrogen and oxygen atoms in total. The highest BCUT2D eigenvalue weighted by Gasteiger charge is 2.48. The van der Waals surface area contributed by atoms with E-state index < -0.39 is 20.9 Å². The highest BCUT2D eigenvalue weighted by Crippen LogP contribution is 2.55. The Hall–Kier alpha value is -0.300. The van der Waals surface area contributed by atoms with E-state index in [0.29, 0.717) is 13.1 Å². The van der Waals surface area contributed by atoms with Gasteiger partial charge in [-0.2, -0.15) is 0 Å². The monoisotopic (exact) mass is 338 g/mol. The van der Waals surface area contributed by atoms with Crippen LogP contribution in [0.3, 0.4) is 0 Å². The molecule has 0 atom stereocenters. The predicted molar refractivity (Wildman–Crippen MR) is 77.9 cm³/mol. The molecule has 0 bridgehead atoms. The molecule has 1 spiro atoms. The molecule has 2 rings (SSSR count). The van der Waals surface area contributed by atoms with Crippen molar-refractivity contribution in [2.75, 3.05) is 39.5 Å². The zero-order valence-corrected chi connectivity index (χ0v) is 13.4. The van der Waals surface area contributed by atoms with E-state index >= 15 is 0 Å². The molecule has 10 heteroatoms. The quantitative estimate of drug-likeness (QED) is 0.559. The van der Waals surface area contributed by atoms with Gasteiger partial charge >= 0.3 is 15.5 Å². The number of nitrogens with one attached hydrogen (secondary N) is 2. The Morgan fingerprint density at radius 1 is 0.857 bits per heavy atom. The van der Waals surface area contributed by atoms with Crippen molar-refractivity contribution >= 4 is 15.5 Å². The Labute approximate surface area is 124 Å². The zero-order valence-electron chi connectivity index (χ0n) is 11.7. The summed E-state index contributed by atoms with van der Waals surface area (Å²) in [7, 11) is -6.61. The highest BCUT2D eigenvalue weighted by molar-refractivity contribution is 7.52. The van der Waals surface area contributed by atoms with Crippen LogP contribution in [0, 0.1) is 5.41 Å². The molecule has 0 aromatic rings. The minimum absolute atomic E-state index is 0.135. The van der Waals surface area contributed by atoms with Crippen LogP contribution in [-0.4, -0.2) is 39.5 Å². The van der Waals surface area contributed by atoms with Crippen LogP contribution in [0.4, 0.5) is 0 Å². The van der Waals surface area contributed by atoms with Crippen molar-refractivity contribution in [3.63, 3.8) is 0 Å². The summed E-state index contributed by atoms with van der Waals surface area (Å²) in [5.74, 6) is 0. The first-order valence-electron chi connectivity index (χ1n) is 6.45.